The van der Waals surface area contributed by atoms with E-state index in [4.69, 9.17) is 32.8 Å². The maximum Gasteiger partial charge on any atom is 0.302 e. The van der Waals surface area contributed by atoms with Crippen LogP contribution in [0.1, 0.15) is 6.92 Å². The Morgan fingerprint density at radius 2 is 1.57 bits per heavy atom. The molecule has 2 fully saturated rings. The van der Waals surface area contributed by atoms with Crippen LogP contribution in [0.3, 0.4) is 0 Å². The summed E-state index contributed by atoms with van der Waals surface area (Å²) >= 11 is 0. The molecule has 3 heterocycles. The summed E-state index contributed by atoms with van der Waals surface area (Å²) in [6, 6.07) is 7.62. The summed E-state index contributed by atoms with van der Waals surface area (Å²) < 4.78 is 38.2. The summed E-state index contributed by atoms with van der Waals surface area (Å²) in [6.07, 6.45) is -17.0. The lowest BCUT2D eigenvalue weighted by atomic mass is 9.97. The van der Waals surface area contributed by atoms with Crippen LogP contribution in [-0.2, 0) is 23.7 Å². The van der Waals surface area contributed by atoms with Crippen molar-refractivity contribution in [1.29, 1.82) is 0 Å². The van der Waals surface area contributed by atoms with Gasteiger partial charge in [-0.1, -0.05) is 0 Å². The Balaban J connectivity index is 1.41. The Hall–Kier alpha value is -4.04. The van der Waals surface area contributed by atoms with E-state index in [1.54, 1.807) is 0 Å². The van der Waals surface area contributed by atoms with E-state index in [-0.39, 0.29) is 34.0 Å². The number of carbonyl (C=O) groups is 1. The molecule has 0 amide bonds. The zero-order valence-electron chi connectivity index (χ0n) is 24.9. The third kappa shape index (κ3) is 6.98. The predicted octanol–water partition coefficient (Wildman–Crippen LogP) is -1.55. The monoisotopic (exact) mass is 666 g/mol. The highest BCUT2D eigenvalue weighted by molar-refractivity contribution is 5.86. The minimum absolute atomic E-state index is 0.0496. The van der Waals surface area contributed by atoms with Crippen molar-refractivity contribution in [2.75, 3.05) is 20.3 Å². The molecule has 0 bridgehead atoms. The van der Waals surface area contributed by atoms with Crippen LogP contribution >= 0.6 is 0 Å². The molecular formula is C30H34O17. The highest BCUT2D eigenvalue weighted by atomic mass is 16.7. The van der Waals surface area contributed by atoms with Crippen molar-refractivity contribution < 1.29 is 78.5 Å². The van der Waals surface area contributed by atoms with E-state index < -0.39 is 91.8 Å². The van der Waals surface area contributed by atoms with Gasteiger partial charge >= 0.3 is 5.97 Å². The van der Waals surface area contributed by atoms with Crippen LogP contribution in [0.2, 0.25) is 0 Å². The molecular weight excluding hydrogens is 632 g/mol. The van der Waals surface area contributed by atoms with E-state index in [0.717, 1.165) is 19.1 Å². The van der Waals surface area contributed by atoms with Crippen molar-refractivity contribution >= 4 is 16.9 Å². The number of fused-ring (bicyclic) bond motifs is 1. The number of hydrogen-bond acceptors (Lipinski definition) is 17. The normalized spacial score (nSPS) is 31.0. The Labute approximate surface area is 265 Å². The standard InChI is InChI=1S/C30H34O17/c1-11(32)42-10-21-23(36)25(38)26(39)29(46-21)47-28-24(37)20(9-31)45-30(27(28)40)43-13-6-15(34)22-16(35)8-17(44-19(22)7-13)12-3-4-14(33)18(5-12)41-2/h3-8,20-21,23-31,33-34,36-40H,9-10H2,1-2H3. The molecule has 0 aliphatic carbocycles. The van der Waals surface area contributed by atoms with Crippen LogP contribution in [0, 0.1) is 0 Å². The summed E-state index contributed by atoms with van der Waals surface area (Å²) in [6.45, 7) is -0.212. The van der Waals surface area contributed by atoms with Gasteiger partial charge in [-0.25, -0.2) is 0 Å². The highest BCUT2D eigenvalue weighted by Crippen LogP contribution is 2.36. The number of aliphatic hydroxyl groups is 6. The summed E-state index contributed by atoms with van der Waals surface area (Å²) in [7, 11) is 1.34. The van der Waals surface area contributed by atoms with Crippen LogP contribution in [0.4, 0.5) is 0 Å². The van der Waals surface area contributed by atoms with Crippen LogP contribution in [0.5, 0.6) is 23.0 Å². The second-order valence-corrected chi connectivity index (χ2v) is 10.9. The molecule has 2 aliphatic rings. The Morgan fingerprint density at radius 1 is 0.851 bits per heavy atom. The number of ether oxygens (including phenoxy) is 6. The van der Waals surface area contributed by atoms with Gasteiger partial charge in [0.1, 0.15) is 83.7 Å². The first-order chi connectivity index (χ1) is 22.3. The molecule has 0 radical (unpaired) electrons. The molecule has 17 heteroatoms. The number of aliphatic hydroxyl groups excluding tert-OH is 6. The minimum Gasteiger partial charge on any atom is -0.507 e. The minimum atomic E-state index is -1.89. The van der Waals surface area contributed by atoms with Crippen molar-refractivity contribution in [1.82, 2.24) is 0 Å². The molecule has 8 N–H and O–H groups in total. The van der Waals surface area contributed by atoms with E-state index in [9.17, 15) is 50.4 Å². The Bertz CT molecular complexity index is 1640. The second-order valence-electron chi connectivity index (χ2n) is 10.9. The Kier molecular flexibility index (Phi) is 10.2. The van der Waals surface area contributed by atoms with Crippen LogP contribution in [0.15, 0.2) is 45.6 Å². The molecule has 10 atom stereocenters. The summed E-state index contributed by atoms with van der Waals surface area (Å²) in [5.41, 5.74) is -0.403. The lowest BCUT2D eigenvalue weighted by Crippen LogP contribution is -2.65. The largest absolute Gasteiger partial charge is 0.507 e. The quantitative estimate of drug-likeness (QED) is 0.120. The van der Waals surface area contributed by atoms with Gasteiger partial charge < -0.3 is 73.7 Å². The van der Waals surface area contributed by atoms with Gasteiger partial charge in [0, 0.05) is 30.7 Å². The van der Waals surface area contributed by atoms with Gasteiger partial charge in [0.2, 0.25) is 6.29 Å². The maximum absolute atomic E-state index is 12.9. The first-order valence-electron chi connectivity index (χ1n) is 14.3. The summed E-state index contributed by atoms with van der Waals surface area (Å²) in [5.74, 6) is -1.44. The number of phenolic OH excluding ortho intramolecular Hbond substituents is 2. The average Bonchev–Trinajstić information content (AvgIpc) is 3.03. The van der Waals surface area contributed by atoms with Gasteiger partial charge in [-0.05, 0) is 18.2 Å². The first-order valence-corrected chi connectivity index (χ1v) is 14.3. The molecule has 2 aliphatic heterocycles. The van der Waals surface area contributed by atoms with Gasteiger partial charge in [0.05, 0.1) is 13.7 Å². The zero-order chi connectivity index (χ0) is 34.2. The molecule has 3 aromatic rings. The molecule has 256 valence electrons. The molecule has 17 nitrogen and oxygen atoms in total. The van der Waals surface area contributed by atoms with Crippen molar-refractivity contribution in [3.63, 3.8) is 0 Å². The highest BCUT2D eigenvalue weighted by Gasteiger charge is 2.51. The molecule has 0 spiro atoms. The first kappa shape index (κ1) is 34.3. The van der Waals surface area contributed by atoms with E-state index in [2.05, 4.69) is 0 Å². The van der Waals surface area contributed by atoms with Gasteiger partial charge in [0.15, 0.2) is 23.2 Å². The number of esters is 1. The van der Waals surface area contributed by atoms with E-state index >= 15 is 0 Å². The van der Waals surface area contributed by atoms with E-state index in [0.29, 0.717) is 5.56 Å². The van der Waals surface area contributed by atoms with Crippen molar-refractivity contribution in [3.8, 4) is 34.3 Å². The van der Waals surface area contributed by atoms with Crippen molar-refractivity contribution in [3.05, 3.63) is 46.6 Å². The van der Waals surface area contributed by atoms with Crippen LogP contribution in [-0.4, -0.2) is 129 Å². The van der Waals surface area contributed by atoms with Gasteiger partial charge in [0.25, 0.3) is 0 Å². The van der Waals surface area contributed by atoms with Gasteiger partial charge in [-0.3, -0.25) is 9.59 Å². The van der Waals surface area contributed by atoms with Gasteiger partial charge in [-0.15, -0.1) is 0 Å². The van der Waals surface area contributed by atoms with Gasteiger partial charge in [-0.2, -0.15) is 0 Å². The number of methoxy groups -OCH3 is 1. The maximum atomic E-state index is 12.9. The topological polar surface area (TPSA) is 264 Å². The fraction of sp³-hybridized carbons (Fsp3) is 0.467. The molecule has 2 saturated heterocycles. The fourth-order valence-electron chi connectivity index (χ4n) is 5.25. The number of benzene rings is 2. The fourth-order valence-corrected chi connectivity index (χ4v) is 5.25. The molecule has 10 unspecified atom stereocenters. The third-order valence-corrected chi connectivity index (χ3v) is 7.73. The molecule has 5 rings (SSSR count). The zero-order valence-corrected chi connectivity index (χ0v) is 24.9. The average molecular weight is 667 g/mol. The number of aromatic hydroxyl groups is 2. The SMILES string of the molecule is COc1cc(-c2cc(=O)c3c(O)cc(OC4OC(CO)C(O)C(OC5OC(COC(C)=O)C(O)C(O)C5O)C4O)cc3o2)ccc1O. The summed E-state index contributed by atoms with van der Waals surface area (Å²) in [5, 5.41) is 83.3. The van der Waals surface area contributed by atoms with Crippen molar-refractivity contribution in [2.24, 2.45) is 0 Å². The third-order valence-electron chi connectivity index (χ3n) is 7.73. The van der Waals surface area contributed by atoms with Crippen LogP contribution in [0.25, 0.3) is 22.3 Å². The smallest absolute Gasteiger partial charge is 0.302 e. The van der Waals surface area contributed by atoms with Crippen molar-refractivity contribution in [2.45, 2.75) is 68.3 Å². The second kappa shape index (κ2) is 14.0. The van der Waals surface area contributed by atoms with Crippen LogP contribution < -0.4 is 14.9 Å². The molecule has 0 saturated carbocycles. The molecule has 1 aromatic heterocycles. The number of carbonyl (C=O) groups excluding carboxylic acids is 1. The Morgan fingerprint density at radius 3 is 2.26 bits per heavy atom. The number of rotatable bonds is 9. The van der Waals surface area contributed by atoms with E-state index in [1.165, 1.54) is 31.4 Å². The lowest BCUT2D eigenvalue weighted by Gasteiger charge is -2.45. The molecule has 47 heavy (non-hydrogen) atoms. The summed E-state index contributed by atoms with van der Waals surface area (Å²) in [4.78, 5) is 24.2. The number of phenols is 2. The lowest BCUT2D eigenvalue weighted by molar-refractivity contribution is -0.353. The number of hydrogen-bond donors (Lipinski definition) is 8. The predicted molar refractivity (Wildman–Crippen MR) is 154 cm³/mol. The van der Waals surface area contributed by atoms with E-state index in [1.807, 2.05) is 0 Å². The molecule has 2 aromatic carbocycles.